The van der Waals surface area contributed by atoms with Crippen molar-refractivity contribution in [3.8, 4) is 5.75 Å². The van der Waals surface area contributed by atoms with Crippen LogP contribution in [-0.2, 0) is 9.59 Å². The third-order valence-electron chi connectivity index (χ3n) is 4.32. The van der Waals surface area contributed by atoms with Crippen LogP contribution in [0.15, 0.2) is 66.9 Å². The number of nitrogens with one attached hydrogen (secondary N) is 1. The largest absolute Gasteiger partial charge is 0.491 e. The van der Waals surface area contributed by atoms with Crippen molar-refractivity contribution in [1.29, 1.82) is 0 Å². The molecule has 1 heterocycles. The molecule has 3 rings (SSSR count). The van der Waals surface area contributed by atoms with E-state index in [1.54, 1.807) is 30.3 Å². The highest BCUT2D eigenvalue weighted by Gasteiger charge is 2.38. The molecule has 0 saturated heterocycles. The highest BCUT2D eigenvalue weighted by atomic mass is 16.5. The summed E-state index contributed by atoms with van der Waals surface area (Å²) in [6, 6.07) is 14.9. The monoisotopic (exact) mass is 376 g/mol. The number of anilines is 1. The fourth-order valence-electron chi connectivity index (χ4n) is 3.01. The number of imide groups is 1. The first-order chi connectivity index (χ1) is 13.4. The molecule has 0 bridgehead atoms. The number of hydrogen-bond donors (Lipinski definition) is 1. The second-order valence-corrected chi connectivity index (χ2v) is 6.94. The van der Waals surface area contributed by atoms with Gasteiger partial charge in [0.2, 0.25) is 0 Å². The molecule has 0 radical (unpaired) electrons. The van der Waals surface area contributed by atoms with E-state index >= 15 is 0 Å². The second-order valence-electron chi connectivity index (χ2n) is 6.94. The van der Waals surface area contributed by atoms with Crippen LogP contribution in [0.1, 0.15) is 25.0 Å². The van der Waals surface area contributed by atoms with Gasteiger partial charge >= 0.3 is 0 Å². The van der Waals surface area contributed by atoms with Gasteiger partial charge in [0, 0.05) is 12.2 Å². The molecular weight excluding hydrogens is 352 g/mol. The molecule has 0 saturated carbocycles. The van der Waals surface area contributed by atoms with E-state index in [9.17, 15) is 9.59 Å². The first-order valence-electron chi connectivity index (χ1n) is 9.23. The lowest BCUT2D eigenvalue weighted by molar-refractivity contribution is -0.136. The Hall–Kier alpha value is -3.34. The topological polar surface area (TPSA) is 58.6 Å². The highest BCUT2D eigenvalue weighted by Crippen LogP contribution is 2.31. The van der Waals surface area contributed by atoms with E-state index < -0.39 is 0 Å². The maximum absolute atomic E-state index is 13.0. The zero-order chi connectivity index (χ0) is 20.3. The minimum absolute atomic E-state index is 0.0570. The number of ether oxygens (including phenoxy) is 1. The van der Waals surface area contributed by atoms with E-state index in [0.717, 1.165) is 11.3 Å². The van der Waals surface area contributed by atoms with Crippen LogP contribution in [0.25, 0.3) is 5.57 Å². The normalized spacial score (nSPS) is 14.1. The average molecular weight is 376 g/mol. The minimum atomic E-state index is -0.358. The predicted molar refractivity (Wildman–Crippen MR) is 111 cm³/mol. The third kappa shape index (κ3) is 3.98. The third-order valence-corrected chi connectivity index (χ3v) is 4.32. The Morgan fingerprint density at radius 2 is 1.68 bits per heavy atom. The maximum atomic E-state index is 13.0. The number of carbonyl (C=O) groups excluding carboxylic acids is 2. The summed E-state index contributed by atoms with van der Waals surface area (Å²) in [5.41, 5.74) is 3.15. The van der Waals surface area contributed by atoms with Gasteiger partial charge in [-0.05, 0) is 50.6 Å². The van der Waals surface area contributed by atoms with E-state index in [1.165, 1.54) is 4.90 Å². The van der Waals surface area contributed by atoms with E-state index in [4.69, 9.17) is 4.74 Å². The molecule has 0 spiro atoms. The summed E-state index contributed by atoms with van der Waals surface area (Å²) < 4.78 is 5.67. The fraction of sp³-hybridized carbons (Fsp3) is 0.217. The Morgan fingerprint density at radius 1 is 1.04 bits per heavy atom. The first-order valence-corrected chi connectivity index (χ1v) is 9.23. The average Bonchev–Trinajstić information content (AvgIpc) is 2.89. The van der Waals surface area contributed by atoms with Gasteiger partial charge in [-0.1, -0.05) is 35.9 Å². The van der Waals surface area contributed by atoms with Gasteiger partial charge in [-0.2, -0.15) is 0 Å². The van der Waals surface area contributed by atoms with Gasteiger partial charge in [0.05, 0.1) is 11.7 Å². The van der Waals surface area contributed by atoms with Crippen LogP contribution in [0.5, 0.6) is 5.75 Å². The van der Waals surface area contributed by atoms with Crippen molar-refractivity contribution >= 4 is 23.1 Å². The number of carbonyl (C=O) groups is 2. The lowest BCUT2D eigenvalue weighted by atomic mass is 10.0. The number of hydrogen-bond acceptors (Lipinski definition) is 4. The van der Waals surface area contributed by atoms with Crippen LogP contribution < -0.4 is 10.1 Å². The van der Waals surface area contributed by atoms with Crippen molar-refractivity contribution in [3.63, 3.8) is 0 Å². The van der Waals surface area contributed by atoms with E-state index in [0.29, 0.717) is 16.9 Å². The van der Waals surface area contributed by atoms with Crippen LogP contribution in [0.2, 0.25) is 0 Å². The summed E-state index contributed by atoms with van der Waals surface area (Å²) in [6.07, 6.45) is 1.60. The minimum Gasteiger partial charge on any atom is -0.491 e. The van der Waals surface area contributed by atoms with Crippen LogP contribution in [0.3, 0.4) is 0 Å². The van der Waals surface area contributed by atoms with E-state index in [1.807, 2.05) is 45.0 Å². The predicted octanol–water partition coefficient (Wildman–Crippen LogP) is 4.16. The molecule has 5 nitrogen and oxygen atoms in total. The molecule has 0 atom stereocenters. The maximum Gasteiger partial charge on any atom is 0.278 e. The molecule has 28 heavy (non-hydrogen) atoms. The number of aryl methyl sites for hydroxylation is 1. The number of nitrogens with zero attached hydrogens (tertiary/aromatic N) is 1. The summed E-state index contributed by atoms with van der Waals surface area (Å²) in [4.78, 5) is 27.0. The summed E-state index contributed by atoms with van der Waals surface area (Å²) in [5, 5.41) is 3.13. The summed E-state index contributed by atoms with van der Waals surface area (Å²) in [6.45, 7) is 9.70. The van der Waals surface area contributed by atoms with Gasteiger partial charge in [0.15, 0.2) is 0 Å². The van der Waals surface area contributed by atoms with Crippen LogP contribution in [-0.4, -0.2) is 29.4 Å². The Balaban J connectivity index is 2.00. The second kappa shape index (κ2) is 8.13. The molecular formula is C23H24N2O3. The standard InChI is InChI=1S/C23H24N2O3/c1-5-14-25-22(26)20(17-8-12-19(13-9-17)28-15(2)3)21(23(25)27)24-18-10-6-16(4)7-11-18/h5-13,15,24H,1,14H2,2-4H3. The number of amides is 2. The van der Waals surface area contributed by atoms with Gasteiger partial charge in [0.1, 0.15) is 11.4 Å². The Labute approximate surface area is 165 Å². The highest BCUT2D eigenvalue weighted by molar-refractivity contribution is 6.36. The van der Waals surface area contributed by atoms with Gasteiger partial charge in [-0.15, -0.1) is 6.58 Å². The van der Waals surface area contributed by atoms with E-state index in [2.05, 4.69) is 11.9 Å². The molecule has 2 aromatic carbocycles. The summed E-state index contributed by atoms with van der Waals surface area (Å²) in [5.74, 6) is 0.0205. The van der Waals surface area contributed by atoms with Crippen molar-refractivity contribution in [2.45, 2.75) is 26.9 Å². The van der Waals surface area contributed by atoms with Gasteiger partial charge in [-0.3, -0.25) is 14.5 Å². The van der Waals surface area contributed by atoms with Gasteiger partial charge < -0.3 is 10.1 Å². The summed E-state index contributed by atoms with van der Waals surface area (Å²) >= 11 is 0. The zero-order valence-electron chi connectivity index (χ0n) is 16.4. The smallest absolute Gasteiger partial charge is 0.278 e. The SMILES string of the molecule is C=CCN1C(=O)C(Nc2ccc(C)cc2)=C(c2ccc(OC(C)C)cc2)C1=O. The van der Waals surface area contributed by atoms with Crippen LogP contribution in [0, 0.1) is 6.92 Å². The van der Waals surface area contributed by atoms with Gasteiger partial charge in [0.25, 0.3) is 11.8 Å². The molecule has 0 unspecified atom stereocenters. The lowest BCUT2D eigenvalue weighted by Crippen LogP contribution is -2.32. The zero-order valence-corrected chi connectivity index (χ0v) is 16.4. The number of benzene rings is 2. The first kappa shape index (κ1) is 19.4. The molecule has 5 heteroatoms. The Morgan fingerprint density at radius 3 is 2.25 bits per heavy atom. The van der Waals surface area contributed by atoms with Crippen molar-refractivity contribution in [2.24, 2.45) is 0 Å². The summed E-state index contributed by atoms with van der Waals surface area (Å²) in [7, 11) is 0. The van der Waals surface area contributed by atoms with Crippen molar-refractivity contribution in [1.82, 2.24) is 4.90 Å². The Kier molecular flexibility index (Phi) is 5.64. The molecule has 144 valence electrons. The van der Waals surface area contributed by atoms with Gasteiger partial charge in [-0.25, -0.2) is 0 Å². The Bertz CT molecular complexity index is 925. The van der Waals surface area contributed by atoms with Crippen molar-refractivity contribution < 1.29 is 14.3 Å². The molecule has 2 aromatic rings. The molecule has 2 amide bonds. The fourth-order valence-corrected chi connectivity index (χ4v) is 3.01. The van der Waals surface area contributed by atoms with Crippen molar-refractivity contribution in [3.05, 3.63) is 78.0 Å². The molecule has 0 aliphatic carbocycles. The van der Waals surface area contributed by atoms with Crippen LogP contribution in [0.4, 0.5) is 5.69 Å². The molecule has 1 N–H and O–H groups in total. The molecule has 0 fully saturated rings. The lowest BCUT2D eigenvalue weighted by Gasteiger charge is -2.12. The number of rotatable bonds is 7. The molecule has 0 aromatic heterocycles. The van der Waals surface area contributed by atoms with Crippen molar-refractivity contribution in [2.75, 3.05) is 11.9 Å². The van der Waals surface area contributed by atoms with Crippen LogP contribution >= 0.6 is 0 Å². The molecule has 1 aliphatic rings. The quantitative estimate of drug-likeness (QED) is 0.582. The van der Waals surface area contributed by atoms with E-state index in [-0.39, 0.29) is 30.2 Å². The molecule has 1 aliphatic heterocycles.